The Morgan fingerprint density at radius 2 is 1.67 bits per heavy atom. The van der Waals surface area contributed by atoms with Crippen molar-refractivity contribution in [1.82, 2.24) is 10.2 Å². The lowest BCUT2D eigenvalue weighted by molar-refractivity contribution is -0.105. The molecule has 0 aromatic rings. The summed E-state index contributed by atoms with van der Waals surface area (Å²) < 4.78 is 16.2. The molecular weight excluding hydrogens is 387 g/mol. The summed E-state index contributed by atoms with van der Waals surface area (Å²) in [6.07, 6.45) is 3.43. The van der Waals surface area contributed by atoms with Crippen molar-refractivity contribution in [1.29, 1.82) is 0 Å². The second-order valence-corrected chi connectivity index (χ2v) is 5.47. The first kappa shape index (κ1) is 20.9. The molecule has 124 valence electrons. The molecule has 0 fully saturated rings. The molecule has 6 nitrogen and oxygen atoms in total. The van der Waals surface area contributed by atoms with Gasteiger partial charge in [-0.05, 0) is 20.2 Å². The van der Waals surface area contributed by atoms with Crippen molar-refractivity contribution in [2.45, 2.75) is 0 Å². The molecule has 7 heteroatoms. The van der Waals surface area contributed by atoms with Crippen molar-refractivity contribution in [3.63, 3.8) is 0 Å². The van der Waals surface area contributed by atoms with Gasteiger partial charge in [-0.2, -0.15) is 0 Å². The van der Waals surface area contributed by atoms with E-state index in [2.05, 4.69) is 10.2 Å². The van der Waals surface area contributed by atoms with Gasteiger partial charge in [0, 0.05) is 42.2 Å². The maximum absolute atomic E-state index is 10.7. The van der Waals surface area contributed by atoms with Gasteiger partial charge < -0.3 is 24.4 Å². The zero-order valence-corrected chi connectivity index (χ0v) is 15.1. The summed E-state index contributed by atoms with van der Waals surface area (Å²) in [7, 11) is 3.89. The van der Waals surface area contributed by atoms with Gasteiger partial charge in [0.2, 0.25) is 3.79 Å². The van der Waals surface area contributed by atoms with Crippen LogP contribution >= 0.6 is 22.6 Å². The van der Waals surface area contributed by atoms with E-state index < -0.39 is 0 Å². The average Bonchev–Trinajstić information content (AvgIpc) is 2.44. The molecule has 0 saturated heterocycles. The second kappa shape index (κ2) is 16.3. The molecule has 0 unspecified atom stereocenters. The first-order valence-corrected chi connectivity index (χ1v) is 8.17. The van der Waals surface area contributed by atoms with Crippen molar-refractivity contribution in [2.75, 3.05) is 73.4 Å². The summed E-state index contributed by atoms with van der Waals surface area (Å²) in [4.78, 5) is 12.8. The van der Waals surface area contributed by atoms with Crippen LogP contribution in [0.4, 0.5) is 0 Å². The molecule has 0 amide bonds. The number of likely N-dealkylation sites (N-methyl/N-ethyl adjacent to an activating group) is 2. The monoisotopic (exact) mass is 414 g/mol. The summed E-state index contributed by atoms with van der Waals surface area (Å²) in [5.74, 6) is 0. The van der Waals surface area contributed by atoms with E-state index in [-0.39, 0.29) is 3.79 Å². The molecule has 0 rings (SSSR count). The molecule has 1 N–H and O–H groups in total. The van der Waals surface area contributed by atoms with E-state index in [4.69, 9.17) is 14.2 Å². The first-order valence-electron chi connectivity index (χ1n) is 7.09. The molecule has 0 aromatic heterocycles. The number of carbonyl (C=O) groups excluding carboxylic acids is 1. The third-order valence-electron chi connectivity index (χ3n) is 2.52. The van der Waals surface area contributed by atoms with Crippen LogP contribution in [0, 0.1) is 0 Å². The molecule has 0 aliphatic rings. The number of halogens is 1. The lowest BCUT2D eigenvalue weighted by atomic mass is 10.4. The first-order chi connectivity index (χ1) is 10.2. The van der Waals surface area contributed by atoms with Gasteiger partial charge in [0.15, 0.2) is 0 Å². The molecule has 21 heavy (non-hydrogen) atoms. The molecule has 0 bridgehead atoms. The van der Waals surface area contributed by atoms with E-state index in [1.807, 2.05) is 20.2 Å². The van der Waals surface area contributed by atoms with Gasteiger partial charge in [-0.15, -0.1) is 0 Å². The molecule has 0 heterocycles. The van der Waals surface area contributed by atoms with Gasteiger partial charge in [-0.1, -0.05) is 6.08 Å². The molecule has 0 aliphatic carbocycles. The van der Waals surface area contributed by atoms with E-state index in [0.717, 1.165) is 19.6 Å². The minimum Gasteiger partial charge on any atom is -0.378 e. The van der Waals surface area contributed by atoms with Crippen LogP contribution in [0.1, 0.15) is 0 Å². The van der Waals surface area contributed by atoms with E-state index >= 15 is 0 Å². The number of hydrogen-bond acceptors (Lipinski definition) is 6. The van der Waals surface area contributed by atoms with Gasteiger partial charge in [-0.25, -0.2) is 0 Å². The highest BCUT2D eigenvalue weighted by molar-refractivity contribution is 14.1. The standard InChI is InChI=1S/C14H27IN2O4/c1-16-5-8-19-10-12-21-13-11-20-9-7-17(2)6-3-4-14(15)18/h3-4,16H,5-13H2,1-2H3/b4-3+. The van der Waals surface area contributed by atoms with Crippen LogP contribution in [-0.2, 0) is 19.0 Å². The largest absolute Gasteiger partial charge is 0.378 e. The molecule has 0 atom stereocenters. The van der Waals surface area contributed by atoms with Crippen molar-refractivity contribution >= 4 is 26.4 Å². The van der Waals surface area contributed by atoms with Crippen LogP contribution in [0.5, 0.6) is 0 Å². The van der Waals surface area contributed by atoms with Crippen LogP contribution < -0.4 is 5.32 Å². The summed E-state index contributed by atoms with van der Waals surface area (Å²) in [5.41, 5.74) is 0. The third kappa shape index (κ3) is 17.9. The van der Waals surface area contributed by atoms with Gasteiger partial charge in [0.05, 0.1) is 39.6 Å². The zero-order chi connectivity index (χ0) is 15.8. The highest BCUT2D eigenvalue weighted by Gasteiger charge is 1.96. The minimum atomic E-state index is 0.0457. The van der Waals surface area contributed by atoms with Crippen molar-refractivity contribution in [3.8, 4) is 0 Å². The van der Waals surface area contributed by atoms with Crippen molar-refractivity contribution in [2.24, 2.45) is 0 Å². The Labute approximate surface area is 141 Å². The smallest absolute Gasteiger partial charge is 0.214 e. The van der Waals surface area contributed by atoms with Gasteiger partial charge in [-0.3, -0.25) is 4.79 Å². The van der Waals surface area contributed by atoms with Gasteiger partial charge >= 0.3 is 0 Å². The van der Waals surface area contributed by atoms with Crippen molar-refractivity contribution < 1.29 is 19.0 Å². The van der Waals surface area contributed by atoms with Crippen LogP contribution in [-0.4, -0.2) is 82.1 Å². The Morgan fingerprint density at radius 3 is 2.24 bits per heavy atom. The van der Waals surface area contributed by atoms with Gasteiger partial charge in [0.25, 0.3) is 0 Å². The number of carbonyl (C=O) groups is 1. The van der Waals surface area contributed by atoms with E-state index in [1.54, 1.807) is 28.7 Å². The average molecular weight is 414 g/mol. The summed E-state index contributed by atoms with van der Waals surface area (Å²) in [6, 6.07) is 0. The molecule has 0 aliphatic heterocycles. The summed E-state index contributed by atoms with van der Waals surface area (Å²) in [6.45, 7) is 6.19. The zero-order valence-electron chi connectivity index (χ0n) is 13.0. The number of rotatable bonds is 15. The topological polar surface area (TPSA) is 60.0 Å². The van der Waals surface area contributed by atoms with E-state index in [9.17, 15) is 4.79 Å². The van der Waals surface area contributed by atoms with Crippen LogP contribution in [0.3, 0.4) is 0 Å². The predicted octanol–water partition coefficient (Wildman–Crippen LogP) is 0.705. The summed E-state index contributed by atoms with van der Waals surface area (Å²) in [5, 5.41) is 3.01. The number of hydrogen-bond donors (Lipinski definition) is 1. The number of ether oxygens (including phenoxy) is 3. The molecular formula is C14H27IN2O4. The number of allylic oxidation sites excluding steroid dienone is 1. The van der Waals surface area contributed by atoms with Crippen LogP contribution in [0.25, 0.3) is 0 Å². The maximum atomic E-state index is 10.7. The highest BCUT2D eigenvalue weighted by Crippen LogP contribution is 1.90. The maximum Gasteiger partial charge on any atom is 0.214 e. The Bertz CT molecular complexity index is 278. The lowest BCUT2D eigenvalue weighted by Gasteiger charge is -2.14. The van der Waals surface area contributed by atoms with Gasteiger partial charge in [0.1, 0.15) is 0 Å². The lowest BCUT2D eigenvalue weighted by Crippen LogP contribution is -2.24. The normalized spacial score (nSPS) is 11.6. The Morgan fingerprint density at radius 1 is 1.10 bits per heavy atom. The second-order valence-electron chi connectivity index (χ2n) is 4.41. The van der Waals surface area contributed by atoms with E-state index in [1.165, 1.54) is 0 Å². The predicted molar refractivity (Wildman–Crippen MR) is 92.0 cm³/mol. The molecule has 0 radical (unpaired) electrons. The van der Waals surface area contributed by atoms with E-state index in [0.29, 0.717) is 39.6 Å². The molecule has 0 spiro atoms. The number of nitrogens with zero attached hydrogens (tertiary/aromatic N) is 1. The fraction of sp³-hybridized carbons (Fsp3) is 0.786. The Hall–Kier alpha value is -0.0600. The third-order valence-corrected chi connectivity index (χ3v) is 2.88. The van der Waals surface area contributed by atoms with Crippen LogP contribution in [0.2, 0.25) is 0 Å². The fourth-order valence-corrected chi connectivity index (χ4v) is 1.61. The SMILES string of the molecule is CNCCOCCOCCOCCN(C)C/C=C/C(=O)I. The number of nitrogens with one attached hydrogen (secondary N) is 1. The minimum absolute atomic E-state index is 0.0457. The van der Waals surface area contributed by atoms with Crippen LogP contribution in [0.15, 0.2) is 12.2 Å². The highest BCUT2D eigenvalue weighted by atomic mass is 127. The fourth-order valence-electron chi connectivity index (χ4n) is 1.35. The quantitative estimate of drug-likeness (QED) is 0.184. The Kier molecular flexibility index (Phi) is 16.3. The molecule has 0 aromatic carbocycles. The Balaban J connectivity index is 3.19. The molecule has 0 saturated carbocycles. The summed E-state index contributed by atoms with van der Waals surface area (Å²) >= 11 is 1.75. The van der Waals surface area contributed by atoms with Crippen molar-refractivity contribution in [3.05, 3.63) is 12.2 Å².